The van der Waals surface area contributed by atoms with Crippen LogP contribution in [0, 0.1) is 0 Å². The molecule has 0 radical (unpaired) electrons. The van der Waals surface area contributed by atoms with E-state index in [0.29, 0.717) is 10.6 Å². The molecule has 3 rings (SSSR count). The van der Waals surface area contributed by atoms with Gasteiger partial charge in [-0.25, -0.2) is 4.79 Å². The van der Waals surface area contributed by atoms with Crippen LogP contribution in [0.15, 0.2) is 36.5 Å². The molecule has 3 aromatic rings. The van der Waals surface area contributed by atoms with Crippen LogP contribution in [0.5, 0.6) is 0 Å². The smallest absolute Gasteiger partial charge is 0.350 e. The molecule has 2 heterocycles. The van der Waals surface area contributed by atoms with Crippen LogP contribution in [0.1, 0.15) is 20.2 Å². The third-order valence-corrected chi connectivity index (χ3v) is 4.30. The zero-order chi connectivity index (χ0) is 15.7. The van der Waals surface area contributed by atoms with Gasteiger partial charge in [0.15, 0.2) is 5.69 Å². The van der Waals surface area contributed by atoms with Crippen LogP contribution >= 0.6 is 11.3 Å². The Morgan fingerprint density at radius 3 is 2.73 bits per heavy atom. The van der Waals surface area contributed by atoms with Gasteiger partial charge in [0.2, 0.25) is 0 Å². The van der Waals surface area contributed by atoms with Crippen molar-refractivity contribution in [3.05, 3.63) is 47.1 Å². The molecule has 6 nitrogen and oxygen atoms in total. The number of rotatable bonds is 3. The van der Waals surface area contributed by atoms with Crippen molar-refractivity contribution in [2.45, 2.75) is 0 Å². The number of hydrogen-bond donors (Lipinski definition) is 1. The van der Waals surface area contributed by atoms with Crippen LogP contribution in [0.25, 0.3) is 10.1 Å². The minimum atomic E-state index is -0.475. The first-order chi connectivity index (χ1) is 10.6. The summed E-state index contributed by atoms with van der Waals surface area (Å²) in [5.74, 6) is -0.841. The third kappa shape index (κ3) is 2.46. The van der Waals surface area contributed by atoms with Gasteiger partial charge in [0.25, 0.3) is 5.91 Å². The van der Waals surface area contributed by atoms with Gasteiger partial charge in [-0.1, -0.05) is 18.2 Å². The number of anilines is 1. The number of carbonyl (C=O) groups is 2. The number of methoxy groups -OCH3 is 1. The standard InChI is InChI=1S/C15H13N3O3S/c1-18-8-7-10(17-18)14(19)16-12-9-5-3-4-6-11(9)22-13(12)15(20)21-2/h3-8H,1-2H3,(H,16,19). The second-order valence-corrected chi connectivity index (χ2v) is 5.67. The van der Waals surface area contributed by atoms with Gasteiger partial charge in [0.05, 0.1) is 12.8 Å². The summed E-state index contributed by atoms with van der Waals surface area (Å²) in [7, 11) is 3.05. The van der Waals surface area contributed by atoms with E-state index in [9.17, 15) is 9.59 Å². The highest BCUT2D eigenvalue weighted by molar-refractivity contribution is 7.21. The van der Waals surface area contributed by atoms with E-state index in [0.717, 1.165) is 10.1 Å². The molecule has 0 aliphatic heterocycles. The number of nitrogens with zero attached hydrogens (tertiary/aromatic N) is 2. The molecular formula is C15H13N3O3S. The van der Waals surface area contributed by atoms with E-state index in [-0.39, 0.29) is 11.6 Å². The Balaban J connectivity index is 2.04. The predicted octanol–water partition coefficient (Wildman–Crippen LogP) is 2.67. The number of hydrogen-bond acceptors (Lipinski definition) is 5. The number of aromatic nitrogens is 2. The molecule has 112 valence electrons. The van der Waals surface area contributed by atoms with Crippen LogP contribution in [0.3, 0.4) is 0 Å². The Morgan fingerprint density at radius 1 is 1.27 bits per heavy atom. The minimum Gasteiger partial charge on any atom is -0.465 e. The summed E-state index contributed by atoms with van der Waals surface area (Å²) >= 11 is 1.28. The Labute approximate surface area is 130 Å². The van der Waals surface area contributed by atoms with Gasteiger partial charge < -0.3 is 10.1 Å². The molecule has 0 spiro atoms. The number of thiophene rings is 1. The van der Waals surface area contributed by atoms with Crippen molar-refractivity contribution in [1.82, 2.24) is 9.78 Å². The van der Waals surface area contributed by atoms with Crippen molar-refractivity contribution in [2.75, 3.05) is 12.4 Å². The van der Waals surface area contributed by atoms with Gasteiger partial charge in [-0.05, 0) is 12.1 Å². The molecule has 7 heteroatoms. The lowest BCUT2D eigenvalue weighted by atomic mass is 10.2. The maximum Gasteiger partial charge on any atom is 0.350 e. The lowest BCUT2D eigenvalue weighted by Crippen LogP contribution is -2.15. The maximum atomic E-state index is 12.3. The van der Waals surface area contributed by atoms with Crippen LogP contribution in [0.2, 0.25) is 0 Å². The van der Waals surface area contributed by atoms with Crippen LogP contribution in [-0.2, 0) is 11.8 Å². The predicted molar refractivity (Wildman–Crippen MR) is 84.3 cm³/mol. The van der Waals surface area contributed by atoms with Gasteiger partial charge in [0, 0.05) is 23.3 Å². The zero-order valence-corrected chi connectivity index (χ0v) is 12.8. The average molecular weight is 315 g/mol. The molecule has 0 aliphatic carbocycles. The molecule has 0 atom stereocenters. The van der Waals surface area contributed by atoms with Crippen molar-refractivity contribution < 1.29 is 14.3 Å². The fraction of sp³-hybridized carbons (Fsp3) is 0.133. The highest BCUT2D eigenvalue weighted by Crippen LogP contribution is 2.36. The number of aryl methyl sites for hydroxylation is 1. The molecule has 2 aromatic heterocycles. The van der Waals surface area contributed by atoms with Crippen LogP contribution < -0.4 is 5.32 Å². The summed E-state index contributed by atoms with van der Waals surface area (Å²) in [6.45, 7) is 0. The van der Waals surface area contributed by atoms with Gasteiger partial charge in [-0.3, -0.25) is 9.48 Å². The fourth-order valence-corrected chi connectivity index (χ4v) is 3.20. The molecule has 1 N–H and O–H groups in total. The summed E-state index contributed by atoms with van der Waals surface area (Å²) in [5.41, 5.74) is 0.747. The van der Waals surface area contributed by atoms with E-state index in [1.54, 1.807) is 24.0 Å². The van der Waals surface area contributed by atoms with E-state index < -0.39 is 5.97 Å². The lowest BCUT2D eigenvalue weighted by Gasteiger charge is -2.05. The van der Waals surface area contributed by atoms with Crippen molar-refractivity contribution >= 4 is 39.0 Å². The molecule has 1 amide bonds. The number of amides is 1. The summed E-state index contributed by atoms with van der Waals surface area (Å²) in [6.07, 6.45) is 1.68. The van der Waals surface area contributed by atoms with Crippen molar-refractivity contribution in [3.8, 4) is 0 Å². The summed E-state index contributed by atoms with van der Waals surface area (Å²) < 4.78 is 7.24. The molecule has 0 saturated carbocycles. The number of nitrogens with one attached hydrogen (secondary N) is 1. The SMILES string of the molecule is COC(=O)c1sc2ccccc2c1NC(=O)c1ccn(C)n1. The van der Waals surface area contributed by atoms with Crippen molar-refractivity contribution in [2.24, 2.45) is 7.05 Å². The van der Waals surface area contributed by atoms with Crippen molar-refractivity contribution in [3.63, 3.8) is 0 Å². The molecule has 0 aliphatic rings. The van der Waals surface area contributed by atoms with Crippen LogP contribution in [0.4, 0.5) is 5.69 Å². The van der Waals surface area contributed by atoms with Gasteiger partial charge in [-0.15, -0.1) is 11.3 Å². The summed E-state index contributed by atoms with van der Waals surface area (Å²) in [5, 5.41) is 7.63. The first kappa shape index (κ1) is 14.3. The van der Waals surface area contributed by atoms with E-state index in [2.05, 4.69) is 10.4 Å². The molecule has 1 aromatic carbocycles. The number of ether oxygens (including phenoxy) is 1. The van der Waals surface area contributed by atoms with Gasteiger partial charge >= 0.3 is 5.97 Å². The Morgan fingerprint density at radius 2 is 2.05 bits per heavy atom. The number of benzene rings is 1. The number of esters is 1. The topological polar surface area (TPSA) is 73.2 Å². The molecule has 0 saturated heterocycles. The zero-order valence-electron chi connectivity index (χ0n) is 12.0. The van der Waals surface area contributed by atoms with E-state index in [1.165, 1.54) is 18.4 Å². The maximum absolute atomic E-state index is 12.3. The molecular weight excluding hydrogens is 302 g/mol. The largest absolute Gasteiger partial charge is 0.465 e. The van der Waals surface area contributed by atoms with Crippen molar-refractivity contribution in [1.29, 1.82) is 0 Å². The van der Waals surface area contributed by atoms with E-state index >= 15 is 0 Å². The van der Waals surface area contributed by atoms with E-state index in [1.807, 2.05) is 24.3 Å². The molecule has 0 bridgehead atoms. The molecule has 0 unspecified atom stereocenters. The second-order valence-electron chi connectivity index (χ2n) is 4.62. The van der Waals surface area contributed by atoms with E-state index in [4.69, 9.17) is 4.74 Å². The first-order valence-electron chi connectivity index (χ1n) is 6.51. The number of fused-ring (bicyclic) bond motifs is 1. The minimum absolute atomic E-state index is 0.286. The molecule has 0 fully saturated rings. The van der Waals surface area contributed by atoms with Gasteiger partial charge in [-0.2, -0.15) is 5.10 Å². The summed E-state index contributed by atoms with van der Waals surface area (Å²) in [6, 6.07) is 9.09. The number of carbonyl (C=O) groups excluding carboxylic acids is 2. The highest BCUT2D eigenvalue weighted by Gasteiger charge is 2.21. The summed E-state index contributed by atoms with van der Waals surface area (Å²) in [4.78, 5) is 24.6. The first-order valence-corrected chi connectivity index (χ1v) is 7.32. The Hall–Kier alpha value is -2.67. The average Bonchev–Trinajstić information content (AvgIpc) is 3.11. The fourth-order valence-electron chi connectivity index (χ4n) is 2.12. The molecule has 22 heavy (non-hydrogen) atoms. The normalized spacial score (nSPS) is 10.6. The van der Waals surface area contributed by atoms with Gasteiger partial charge in [0.1, 0.15) is 4.88 Å². The Bertz CT molecular complexity index is 866. The lowest BCUT2D eigenvalue weighted by molar-refractivity contribution is 0.0607. The second kappa shape index (κ2) is 5.61. The monoisotopic (exact) mass is 315 g/mol. The van der Waals surface area contributed by atoms with Crippen LogP contribution in [-0.4, -0.2) is 28.8 Å². The highest BCUT2D eigenvalue weighted by atomic mass is 32.1. The third-order valence-electron chi connectivity index (χ3n) is 3.15. The quantitative estimate of drug-likeness (QED) is 0.754. The Kier molecular flexibility index (Phi) is 3.64.